The number of furan rings is 1. The second-order valence-electron chi connectivity index (χ2n) is 5.81. The highest BCUT2D eigenvalue weighted by Crippen LogP contribution is 2.24. The maximum absolute atomic E-state index is 12.3. The quantitative estimate of drug-likeness (QED) is 0.588. The number of benzene rings is 1. The van der Waals surface area contributed by atoms with Gasteiger partial charge in [-0.3, -0.25) is 4.79 Å². The number of nitrogens with one attached hydrogen (secondary N) is 2. The van der Waals surface area contributed by atoms with Crippen LogP contribution < -0.4 is 10.5 Å². The molecule has 0 aliphatic rings. The van der Waals surface area contributed by atoms with Crippen LogP contribution in [0.5, 0.6) is 0 Å². The summed E-state index contributed by atoms with van der Waals surface area (Å²) >= 11 is 7.55. The molecule has 0 saturated heterocycles. The summed E-state index contributed by atoms with van der Waals surface area (Å²) in [7, 11) is 2.06. The van der Waals surface area contributed by atoms with Crippen molar-refractivity contribution in [3.63, 3.8) is 0 Å². The third-order valence-corrected chi connectivity index (χ3v) is 5.09. The van der Waals surface area contributed by atoms with Crippen molar-refractivity contribution in [3.8, 4) is 0 Å². The van der Waals surface area contributed by atoms with Gasteiger partial charge < -0.3 is 14.3 Å². The molecule has 0 aliphatic heterocycles. The van der Waals surface area contributed by atoms with Crippen LogP contribution >= 0.6 is 22.9 Å². The molecule has 4 rings (SSSR count). The van der Waals surface area contributed by atoms with E-state index in [-0.39, 0.29) is 11.1 Å². The molecule has 3 heterocycles. The van der Waals surface area contributed by atoms with Gasteiger partial charge in [0, 0.05) is 5.39 Å². The van der Waals surface area contributed by atoms with Crippen molar-refractivity contribution in [1.82, 2.24) is 9.97 Å². The summed E-state index contributed by atoms with van der Waals surface area (Å²) in [5.41, 5.74) is 1.34. The van der Waals surface area contributed by atoms with E-state index in [0.29, 0.717) is 23.5 Å². The molecular weight excluding hydrogens is 346 g/mol. The number of aromatic amines is 1. The van der Waals surface area contributed by atoms with Gasteiger partial charge in [0.05, 0.1) is 16.3 Å². The molecule has 5 nitrogen and oxygen atoms in total. The second-order valence-corrected chi connectivity index (χ2v) is 7.60. The zero-order valence-electron chi connectivity index (χ0n) is 12.9. The summed E-state index contributed by atoms with van der Waals surface area (Å²) in [4.78, 5) is 22.2. The van der Waals surface area contributed by atoms with Crippen LogP contribution in [0.25, 0.3) is 22.1 Å². The molecule has 0 amide bonds. The third kappa shape index (κ3) is 2.84. The van der Waals surface area contributed by atoms with E-state index in [4.69, 9.17) is 16.0 Å². The van der Waals surface area contributed by atoms with Gasteiger partial charge in [-0.05, 0) is 24.3 Å². The number of thiophene rings is 1. The first-order valence-corrected chi connectivity index (χ1v) is 8.75. The summed E-state index contributed by atoms with van der Waals surface area (Å²) in [6, 6.07) is 11.5. The number of halogens is 1. The molecule has 0 bridgehead atoms. The van der Waals surface area contributed by atoms with E-state index in [1.165, 1.54) is 9.78 Å². The molecule has 0 aliphatic carbocycles. The van der Waals surface area contributed by atoms with Crippen LogP contribution in [0.3, 0.4) is 0 Å². The summed E-state index contributed by atoms with van der Waals surface area (Å²) in [6.07, 6.45) is 0. The standard InChI is InChI=1S/C17H14ClN3O2S/c1-21(8-10-6-7-13(18)24-10)9-14-19-15-11-4-2-3-5-12(11)23-16(15)17(22)20-14/h2-7H,8-9H2,1H3,(H,19,20,22)/p+1. The predicted molar refractivity (Wildman–Crippen MR) is 95.8 cm³/mol. The largest absolute Gasteiger partial charge is 0.449 e. The minimum absolute atomic E-state index is 0.238. The zero-order chi connectivity index (χ0) is 16.7. The van der Waals surface area contributed by atoms with Crippen LogP contribution in [0, 0.1) is 0 Å². The van der Waals surface area contributed by atoms with Crippen LogP contribution in [-0.2, 0) is 13.1 Å². The number of H-pyrrole nitrogens is 1. The maximum atomic E-state index is 12.3. The fraction of sp³-hybridized carbons (Fsp3) is 0.176. The fourth-order valence-corrected chi connectivity index (χ4v) is 4.03. The molecular formula is C17H15ClN3O2S+. The van der Waals surface area contributed by atoms with E-state index in [1.54, 1.807) is 11.3 Å². The fourth-order valence-electron chi connectivity index (χ4n) is 2.82. The zero-order valence-corrected chi connectivity index (χ0v) is 14.5. The molecule has 0 radical (unpaired) electrons. The molecule has 7 heteroatoms. The lowest BCUT2D eigenvalue weighted by molar-refractivity contribution is -0.908. The Hall–Kier alpha value is -2.15. The number of hydrogen-bond acceptors (Lipinski definition) is 4. The lowest BCUT2D eigenvalue weighted by atomic mass is 10.2. The maximum Gasteiger partial charge on any atom is 0.294 e. The Morgan fingerprint density at radius 2 is 2.08 bits per heavy atom. The van der Waals surface area contributed by atoms with Crippen LogP contribution in [0.2, 0.25) is 4.34 Å². The number of fused-ring (bicyclic) bond motifs is 3. The molecule has 122 valence electrons. The van der Waals surface area contributed by atoms with Gasteiger partial charge in [0.2, 0.25) is 5.58 Å². The third-order valence-electron chi connectivity index (χ3n) is 3.85. The van der Waals surface area contributed by atoms with Gasteiger partial charge in [-0.1, -0.05) is 23.7 Å². The molecule has 0 fully saturated rings. The van der Waals surface area contributed by atoms with Crippen molar-refractivity contribution in [1.29, 1.82) is 0 Å². The molecule has 1 aromatic carbocycles. The lowest BCUT2D eigenvalue weighted by Crippen LogP contribution is -3.06. The Balaban J connectivity index is 1.66. The molecule has 3 aromatic heterocycles. The highest BCUT2D eigenvalue weighted by Gasteiger charge is 2.15. The molecule has 1 atom stereocenters. The Kier molecular flexibility index (Phi) is 3.88. The second kappa shape index (κ2) is 6.05. The first-order chi connectivity index (χ1) is 11.6. The summed E-state index contributed by atoms with van der Waals surface area (Å²) < 4.78 is 6.40. The summed E-state index contributed by atoms with van der Waals surface area (Å²) in [5.74, 6) is 0.652. The number of hydrogen-bond donors (Lipinski definition) is 2. The Bertz CT molecular complexity index is 1080. The average molecular weight is 361 g/mol. The Labute approximate surface area is 146 Å². The lowest BCUT2D eigenvalue weighted by Gasteiger charge is -2.12. The highest BCUT2D eigenvalue weighted by atomic mass is 35.5. The van der Waals surface area contributed by atoms with E-state index in [2.05, 4.69) is 17.0 Å². The molecule has 1 unspecified atom stereocenters. The van der Waals surface area contributed by atoms with Gasteiger partial charge in [0.1, 0.15) is 24.2 Å². The monoisotopic (exact) mass is 360 g/mol. The minimum atomic E-state index is -0.238. The summed E-state index contributed by atoms with van der Waals surface area (Å²) in [6.45, 7) is 1.44. The Morgan fingerprint density at radius 3 is 2.88 bits per heavy atom. The van der Waals surface area contributed by atoms with Crippen molar-refractivity contribution in [2.45, 2.75) is 13.1 Å². The van der Waals surface area contributed by atoms with Crippen LogP contribution in [-0.4, -0.2) is 17.0 Å². The van der Waals surface area contributed by atoms with Gasteiger partial charge in [-0.2, -0.15) is 0 Å². The van der Waals surface area contributed by atoms with Crippen molar-refractivity contribution in [2.75, 3.05) is 7.05 Å². The molecule has 0 spiro atoms. The molecule has 0 saturated carbocycles. The van der Waals surface area contributed by atoms with Crippen molar-refractivity contribution in [2.24, 2.45) is 0 Å². The van der Waals surface area contributed by atoms with Crippen LogP contribution in [0.4, 0.5) is 0 Å². The number of nitrogens with zero attached hydrogens (tertiary/aromatic N) is 1. The van der Waals surface area contributed by atoms with Gasteiger partial charge in [-0.15, -0.1) is 11.3 Å². The van der Waals surface area contributed by atoms with Gasteiger partial charge in [-0.25, -0.2) is 4.98 Å². The van der Waals surface area contributed by atoms with Crippen molar-refractivity contribution >= 4 is 45.0 Å². The molecule has 4 aromatic rings. The van der Waals surface area contributed by atoms with E-state index in [1.807, 2.05) is 36.4 Å². The van der Waals surface area contributed by atoms with E-state index in [0.717, 1.165) is 16.3 Å². The van der Waals surface area contributed by atoms with Crippen molar-refractivity contribution < 1.29 is 9.32 Å². The predicted octanol–water partition coefficient (Wildman–Crippen LogP) is 2.60. The smallest absolute Gasteiger partial charge is 0.294 e. The van der Waals surface area contributed by atoms with Gasteiger partial charge >= 0.3 is 0 Å². The average Bonchev–Trinajstić information content (AvgIpc) is 3.11. The van der Waals surface area contributed by atoms with Gasteiger partial charge in [0.25, 0.3) is 5.56 Å². The van der Waals surface area contributed by atoms with E-state index in [9.17, 15) is 4.79 Å². The van der Waals surface area contributed by atoms with E-state index >= 15 is 0 Å². The number of para-hydroxylation sites is 1. The molecule has 24 heavy (non-hydrogen) atoms. The van der Waals surface area contributed by atoms with Gasteiger partial charge in [0.15, 0.2) is 5.82 Å². The van der Waals surface area contributed by atoms with Crippen molar-refractivity contribution in [3.05, 3.63) is 61.8 Å². The number of quaternary nitrogens is 1. The number of rotatable bonds is 4. The van der Waals surface area contributed by atoms with Crippen LogP contribution in [0.15, 0.2) is 45.6 Å². The first kappa shape index (κ1) is 15.4. The van der Waals surface area contributed by atoms with E-state index < -0.39 is 0 Å². The normalized spacial score (nSPS) is 12.9. The summed E-state index contributed by atoms with van der Waals surface area (Å²) in [5, 5.41) is 0.863. The number of aromatic nitrogens is 2. The minimum Gasteiger partial charge on any atom is -0.449 e. The molecule has 2 N–H and O–H groups in total. The first-order valence-electron chi connectivity index (χ1n) is 7.56. The SMILES string of the molecule is C[NH+](Cc1nc2c(oc3ccccc32)c(=O)[nH]1)Cc1ccc(Cl)s1. The van der Waals surface area contributed by atoms with Crippen LogP contribution in [0.1, 0.15) is 10.7 Å². The topological polar surface area (TPSA) is 63.3 Å². The Morgan fingerprint density at radius 1 is 1.25 bits per heavy atom. The highest BCUT2D eigenvalue weighted by molar-refractivity contribution is 7.16.